The Morgan fingerprint density at radius 2 is 1.72 bits per heavy atom. The van der Waals surface area contributed by atoms with Crippen LogP contribution >= 0.6 is 23.2 Å². The van der Waals surface area contributed by atoms with Crippen molar-refractivity contribution in [2.75, 3.05) is 11.5 Å². The summed E-state index contributed by atoms with van der Waals surface area (Å²) in [6.07, 6.45) is 3.09. The fraction of sp³-hybridized carbons (Fsp3) is 0.136. The molecular weight excluding hydrogens is 471 g/mol. The van der Waals surface area contributed by atoms with Gasteiger partial charge in [0.25, 0.3) is 5.91 Å². The van der Waals surface area contributed by atoms with E-state index in [1.807, 2.05) is 30.3 Å². The minimum Gasteiger partial charge on any atom is -0.347 e. The van der Waals surface area contributed by atoms with Gasteiger partial charge in [0, 0.05) is 32.9 Å². The molecule has 0 radical (unpaired) electrons. The van der Waals surface area contributed by atoms with Crippen molar-refractivity contribution in [3.05, 3.63) is 76.5 Å². The van der Waals surface area contributed by atoms with Crippen LogP contribution in [-0.4, -0.2) is 46.5 Å². The molecular formula is C22H16Cl2N4O3S. The van der Waals surface area contributed by atoms with Crippen molar-refractivity contribution in [2.45, 2.75) is 6.04 Å². The lowest BCUT2D eigenvalue weighted by molar-refractivity contribution is 0.0943. The van der Waals surface area contributed by atoms with Crippen LogP contribution in [0.4, 0.5) is 0 Å². The number of hydrogen-bond acceptors (Lipinski definition) is 5. The fourth-order valence-electron chi connectivity index (χ4n) is 3.76. The van der Waals surface area contributed by atoms with Gasteiger partial charge in [-0.1, -0.05) is 53.5 Å². The minimum atomic E-state index is -3.05. The number of fused-ring (bicyclic) bond motifs is 1. The van der Waals surface area contributed by atoms with E-state index in [4.69, 9.17) is 23.2 Å². The van der Waals surface area contributed by atoms with Crippen molar-refractivity contribution in [3.8, 4) is 22.4 Å². The fourth-order valence-corrected chi connectivity index (χ4v) is 5.42. The number of halogens is 2. The van der Waals surface area contributed by atoms with Crippen molar-refractivity contribution in [1.29, 1.82) is 0 Å². The number of amides is 1. The van der Waals surface area contributed by atoms with Gasteiger partial charge in [-0.2, -0.15) is 5.10 Å². The van der Waals surface area contributed by atoms with Crippen molar-refractivity contribution >= 4 is 44.6 Å². The Kier molecular flexibility index (Phi) is 5.16. The highest BCUT2D eigenvalue weighted by atomic mass is 35.5. The Bertz CT molecular complexity index is 1450. The SMILES string of the molecule is O=C(NC1CS(=O)(=O)C1)c1cnn2c(-c3ccc(Cl)cc3)c(-c3ccccc3Cl)cnc12. The number of nitrogens with one attached hydrogen (secondary N) is 1. The van der Waals surface area contributed by atoms with Crippen LogP contribution in [0, 0.1) is 0 Å². The van der Waals surface area contributed by atoms with E-state index in [0.717, 1.165) is 16.7 Å². The lowest BCUT2D eigenvalue weighted by Crippen LogP contribution is -2.52. The van der Waals surface area contributed by atoms with Crippen LogP contribution in [0.1, 0.15) is 10.4 Å². The van der Waals surface area contributed by atoms with Gasteiger partial charge >= 0.3 is 0 Å². The summed E-state index contributed by atoms with van der Waals surface area (Å²) < 4.78 is 24.4. The highest BCUT2D eigenvalue weighted by Crippen LogP contribution is 2.36. The molecule has 0 spiro atoms. The first-order chi connectivity index (χ1) is 15.3. The second-order valence-electron chi connectivity index (χ2n) is 7.55. The number of sulfone groups is 1. The molecule has 7 nitrogen and oxygen atoms in total. The van der Waals surface area contributed by atoms with Crippen molar-refractivity contribution in [1.82, 2.24) is 19.9 Å². The number of nitrogens with zero attached hydrogens (tertiary/aromatic N) is 3. The monoisotopic (exact) mass is 486 g/mol. The standard InChI is InChI=1S/C22H16Cl2N4O3S/c23-14-7-5-13(6-8-14)20-17(16-3-1-2-4-19(16)24)9-25-21-18(10-26-28(20)21)22(29)27-15-11-32(30,31)12-15/h1-10,15H,11-12H2,(H,27,29). The number of aromatic nitrogens is 3. The van der Waals surface area contributed by atoms with Gasteiger partial charge in [-0.25, -0.2) is 17.9 Å². The largest absolute Gasteiger partial charge is 0.347 e. The Labute approximate surface area is 193 Å². The molecule has 162 valence electrons. The molecule has 32 heavy (non-hydrogen) atoms. The van der Waals surface area contributed by atoms with Gasteiger partial charge in [-0.3, -0.25) is 4.79 Å². The molecule has 1 aliphatic heterocycles. The van der Waals surface area contributed by atoms with Crippen LogP contribution in [0.15, 0.2) is 60.9 Å². The predicted molar refractivity (Wildman–Crippen MR) is 124 cm³/mol. The molecule has 1 aliphatic rings. The average molecular weight is 487 g/mol. The summed E-state index contributed by atoms with van der Waals surface area (Å²) in [5.41, 5.74) is 3.64. The normalized spacial score (nSPS) is 15.4. The third kappa shape index (κ3) is 3.74. The lowest BCUT2D eigenvalue weighted by atomic mass is 10.0. The second kappa shape index (κ2) is 7.88. The first-order valence-electron chi connectivity index (χ1n) is 9.71. The van der Waals surface area contributed by atoms with Crippen LogP contribution in [-0.2, 0) is 9.84 Å². The maximum Gasteiger partial charge on any atom is 0.257 e. The molecule has 0 aliphatic carbocycles. The van der Waals surface area contributed by atoms with E-state index in [2.05, 4.69) is 15.4 Å². The highest BCUT2D eigenvalue weighted by molar-refractivity contribution is 7.92. The van der Waals surface area contributed by atoms with E-state index in [-0.39, 0.29) is 17.1 Å². The molecule has 1 fully saturated rings. The van der Waals surface area contributed by atoms with E-state index in [0.29, 0.717) is 21.4 Å². The third-order valence-corrected chi connectivity index (χ3v) is 7.70. The summed E-state index contributed by atoms with van der Waals surface area (Å²) in [4.78, 5) is 17.3. The Morgan fingerprint density at radius 1 is 1.00 bits per heavy atom. The molecule has 1 amide bonds. The highest BCUT2D eigenvalue weighted by Gasteiger charge is 2.35. The first-order valence-corrected chi connectivity index (χ1v) is 12.3. The molecule has 10 heteroatoms. The molecule has 4 aromatic rings. The van der Waals surface area contributed by atoms with Crippen molar-refractivity contribution in [3.63, 3.8) is 0 Å². The van der Waals surface area contributed by atoms with Gasteiger partial charge < -0.3 is 5.32 Å². The average Bonchev–Trinajstić information content (AvgIpc) is 3.17. The molecule has 1 saturated heterocycles. The molecule has 0 saturated carbocycles. The maximum absolute atomic E-state index is 12.8. The lowest BCUT2D eigenvalue weighted by Gasteiger charge is -2.26. The summed E-state index contributed by atoms with van der Waals surface area (Å²) in [7, 11) is -3.05. The van der Waals surface area contributed by atoms with Gasteiger partial charge in [0.1, 0.15) is 5.56 Å². The Morgan fingerprint density at radius 3 is 2.41 bits per heavy atom. The molecule has 2 aromatic carbocycles. The van der Waals surface area contributed by atoms with Crippen LogP contribution in [0.3, 0.4) is 0 Å². The van der Waals surface area contributed by atoms with Crippen LogP contribution < -0.4 is 5.32 Å². The van der Waals surface area contributed by atoms with E-state index < -0.39 is 21.8 Å². The summed E-state index contributed by atoms with van der Waals surface area (Å²) in [5.74, 6) is -0.532. The topological polar surface area (TPSA) is 93.4 Å². The van der Waals surface area contributed by atoms with Crippen molar-refractivity contribution in [2.24, 2.45) is 0 Å². The smallest absolute Gasteiger partial charge is 0.257 e. The summed E-state index contributed by atoms with van der Waals surface area (Å²) in [6.45, 7) is 0. The van der Waals surface area contributed by atoms with E-state index in [1.54, 1.807) is 28.9 Å². The van der Waals surface area contributed by atoms with E-state index in [1.165, 1.54) is 6.20 Å². The van der Waals surface area contributed by atoms with Crippen LogP contribution in [0.2, 0.25) is 10.0 Å². The van der Waals surface area contributed by atoms with Crippen LogP contribution in [0.5, 0.6) is 0 Å². The van der Waals surface area contributed by atoms with Gasteiger partial charge in [0.2, 0.25) is 0 Å². The summed E-state index contributed by atoms with van der Waals surface area (Å²) in [5, 5.41) is 8.32. The molecule has 0 atom stereocenters. The van der Waals surface area contributed by atoms with Gasteiger partial charge in [-0.05, 0) is 18.2 Å². The third-order valence-electron chi connectivity index (χ3n) is 5.30. The zero-order valence-electron chi connectivity index (χ0n) is 16.5. The number of rotatable bonds is 4. The second-order valence-corrected chi connectivity index (χ2v) is 10.5. The summed E-state index contributed by atoms with van der Waals surface area (Å²) in [6, 6.07) is 14.3. The Hall–Kier alpha value is -2.94. The molecule has 0 bridgehead atoms. The molecule has 3 heterocycles. The number of carbonyl (C=O) groups excluding carboxylic acids is 1. The zero-order chi connectivity index (χ0) is 22.5. The van der Waals surface area contributed by atoms with Crippen molar-refractivity contribution < 1.29 is 13.2 Å². The molecule has 5 rings (SSSR count). The van der Waals surface area contributed by atoms with Gasteiger partial charge in [-0.15, -0.1) is 0 Å². The zero-order valence-corrected chi connectivity index (χ0v) is 18.8. The first kappa shape index (κ1) is 20.9. The quantitative estimate of drug-likeness (QED) is 0.472. The Balaban J connectivity index is 1.64. The van der Waals surface area contributed by atoms with Crippen LogP contribution in [0.25, 0.3) is 28.0 Å². The number of hydrogen-bond donors (Lipinski definition) is 1. The summed E-state index contributed by atoms with van der Waals surface area (Å²) >= 11 is 12.5. The number of benzene rings is 2. The predicted octanol–water partition coefficient (Wildman–Crippen LogP) is 3.90. The molecule has 2 aromatic heterocycles. The van der Waals surface area contributed by atoms with Gasteiger partial charge in [0.15, 0.2) is 15.5 Å². The molecule has 0 unspecified atom stereocenters. The van der Waals surface area contributed by atoms with E-state index in [9.17, 15) is 13.2 Å². The molecule has 1 N–H and O–H groups in total. The number of carbonyl (C=O) groups is 1. The maximum atomic E-state index is 12.8. The van der Waals surface area contributed by atoms with E-state index >= 15 is 0 Å². The van der Waals surface area contributed by atoms with Gasteiger partial charge in [0.05, 0.1) is 29.4 Å². The minimum absolute atomic E-state index is 0.0575.